The Bertz CT molecular complexity index is 821. The van der Waals surface area contributed by atoms with Gasteiger partial charge in [0.15, 0.2) is 0 Å². The SMILES string of the molecule is CC1(C)C2=C(C=Nc3ccccc3)C[C@H](O)CN2c2ccccc21. The van der Waals surface area contributed by atoms with Crippen LogP contribution in [0.2, 0.25) is 0 Å². The molecule has 0 aliphatic carbocycles. The first-order valence-electron chi connectivity index (χ1n) is 8.45. The number of allylic oxidation sites excluding steroid dienone is 1. The summed E-state index contributed by atoms with van der Waals surface area (Å²) in [5.74, 6) is 0. The van der Waals surface area contributed by atoms with Crippen molar-refractivity contribution in [3.63, 3.8) is 0 Å². The number of aliphatic imine (C=N–C) groups is 1. The third-order valence-corrected chi connectivity index (χ3v) is 5.01. The number of benzene rings is 2. The van der Waals surface area contributed by atoms with E-state index in [9.17, 15) is 5.11 Å². The van der Waals surface area contributed by atoms with Crippen molar-refractivity contribution in [1.29, 1.82) is 0 Å². The standard InChI is InChI=1S/C21H22N2O/c1-21(2)18-10-6-7-11-19(18)23-14-17(24)12-15(20(21)23)13-22-16-8-4-3-5-9-16/h3-11,13,17,24H,12,14H2,1-2H3/t17-/m0/s1. The summed E-state index contributed by atoms with van der Waals surface area (Å²) in [4.78, 5) is 6.91. The van der Waals surface area contributed by atoms with Gasteiger partial charge >= 0.3 is 0 Å². The summed E-state index contributed by atoms with van der Waals surface area (Å²) in [6.45, 7) is 5.17. The van der Waals surface area contributed by atoms with E-state index in [1.807, 2.05) is 36.5 Å². The number of hydrogen-bond acceptors (Lipinski definition) is 3. The predicted molar refractivity (Wildman–Crippen MR) is 99.1 cm³/mol. The Balaban J connectivity index is 1.82. The van der Waals surface area contributed by atoms with Crippen molar-refractivity contribution in [3.8, 4) is 0 Å². The lowest BCUT2D eigenvalue weighted by atomic mass is 9.80. The average molecular weight is 318 g/mol. The van der Waals surface area contributed by atoms with Crippen LogP contribution >= 0.6 is 0 Å². The van der Waals surface area contributed by atoms with Gasteiger partial charge in [0.1, 0.15) is 0 Å². The molecule has 0 fully saturated rings. The van der Waals surface area contributed by atoms with E-state index in [1.165, 1.54) is 16.9 Å². The van der Waals surface area contributed by atoms with Crippen molar-refractivity contribution in [2.75, 3.05) is 11.4 Å². The van der Waals surface area contributed by atoms with Crippen LogP contribution in [0.15, 0.2) is 70.9 Å². The van der Waals surface area contributed by atoms with Gasteiger partial charge in [-0.2, -0.15) is 0 Å². The smallest absolute Gasteiger partial charge is 0.0760 e. The van der Waals surface area contributed by atoms with Gasteiger partial charge in [-0.05, 0) is 29.3 Å². The largest absolute Gasteiger partial charge is 0.391 e. The number of aliphatic hydroxyl groups excluding tert-OH is 1. The molecule has 1 atom stereocenters. The molecule has 4 rings (SSSR count). The Kier molecular flexibility index (Phi) is 3.54. The molecule has 3 nitrogen and oxygen atoms in total. The fourth-order valence-electron chi connectivity index (χ4n) is 3.99. The topological polar surface area (TPSA) is 35.8 Å². The summed E-state index contributed by atoms with van der Waals surface area (Å²) >= 11 is 0. The van der Waals surface area contributed by atoms with Gasteiger partial charge in [0.2, 0.25) is 0 Å². The van der Waals surface area contributed by atoms with Gasteiger partial charge < -0.3 is 10.0 Å². The Morgan fingerprint density at radius 1 is 1.08 bits per heavy atom. The zero-order valence-electron chi connectivity index (χ0n) is 14.1. The number of hydrogen-bond donors (Lipinski definition) is 1. The highest BCUT2D eigenvalue weighted by atomic mass is 16.3. The lowest BCUT2D eigenvalue weighted by Gasteiger charge is -2.35. The van der Waals surface area contributed by atoms with Gasteiger partial charge in [0.25, 0.3) is 0 Å². The summed E-state index contributed by atoms with van der Waals surface area (Å²) in [5.41, 5.74) is 5.79. The van der Waals surface area contributed by atoms with Crippen molar-refractivity contribution >= 4 is 17.6 Å². The van der Waals surface area contributed by atoms with Crippen LogP contribution < -0.4 is 4.90 Å². The number of para-hydroxylation sites is 2. The van der Waals surface area contributed by atoms with Crippen LogP contribution in [0.3, 0.4) is 0 Å². The summed E-state index contributed by atoms with van der Waals surface area (Å²) in [5, 5.41) is 10.4. The van der Waals surface area contributed by atoms with Crippen LogP contribution in [0.1, 0.15) is 25.8 Å². The van der Waals surface area contributed by atoms with Gasteiger partial charge in [-0.15, -0.1) is 0 Å². The molecule has 0 amide bonds. The third kappa shape index (κ3) is 2.36. The van der Waals surface area contributed by atoms with Gasteiger partial charge in [0.05, 0.1) is 11.8 Å². The maximum atomic E-state index is 10.4. The first kappa shape index (κ1) is 15.2. The lowest BCUT2D eigenvalue weighted by Crippen LogP contribution is -2.39. The Morgan fingerprint density at radius 2 is 1.79 bits per heavy atom. The van der Waals surface area contributed by atoms with Crippen molar-refractivity contribution in [2.24, 2.45) is 4.99 Å². The van der Waals surface area contributed by atoms with Gasteiger partial charge in [-0.3, -0.25) is 4.99 Å². The molecule has 0 unspecified atom stereocenters. The minimum atomic E-state index is -0.368. The second kappa shape index (κ2) is 5.60. The fourth-order valence-corrected chi connectivity index (χ4v) is 3.99. The normalized spacial score (nSPS) is 22.0. The van der Waals surface area contributed by atoms with E-state index >= 15 is 0 Å². The molecule has 24 heavy (non-hydrogen) atoms. The molecule has 2 aliphatic rings. The van der Waals surface area contributed by atoms with Gasteiger partial charge in [-0.1, -0.05) is 50.2 Å². The van der Waals surface area contributed by atoms with E-state index < -0.39 is 0 Å². The molecule has 122 valence electrons. The number of fused-ring (bicyclic) bond motifs is 3. The molecule has 2 aromatic rings. The molecule has 1 N–H and O–H groups in total. The highest BCUT2D eigenvalue weighted by Crippen LogP contribution is 2.50. The Hall–Kier alpha value is -2.39. The van der Waals surface area contributed by atoms with E-state index in [-0.39, 0.29) is 11.5 Å². The molecule has 0 saturated heterocycles. The highest BCUT2D eigenvalue weighted by Gasteiger charge is 2.44. The van der Waals surface area contributed by atoms with Crippen molar-refractivity contribution in [2.45, 2.75) is 31.8 Å². The summed E-state index contributed by atoms with van der Waals surface area (Å²) in [7, 11) is 0. The second-order valence-corrected chi connectivity index (χ2v) is 7.08. The monoisotopic (exact) mass is 318 g/mol. The molecule has 0 spiro atoms. The second-order valence-electron chi connectivity index (χ2n) is 7.08. The third-order valence-electron chi connectivity index (χ3n) is 5.01. The van der Waals surface area contributed by atoms with E-state index in [0.29, 0.717) is 13.0 Å². The van der Waals surface area contributed by atoms with Crippen molar-refractivity contribution < 1.29 is 5.11 Å². The molecule has 2 aliphatic heterocycles. The van der Waals surface area contributed by atoms with Crippen LogP contribution in [-0.4, -0.2) is 24.0 Å². The maximum absolute atomic E-state index is 10.4. The zero-order valence-corrected chi connectivity index (χ0v) is 14.1. The highest BCUT2D eigenvalue weighted by molar-refractivity contribution is 5.87. The molecule has 0 bridgehead atoms. The number of rotatable bonds is 2. The van der Waals surface area contributed by atoms with Gasteiger partial charge in [-0.25, -0.2) is 0 Å². The van der Waals surface area contributed by atoms with Crippen LogP contribution in [-0.2, 0) is 5.41 Å². The minimum Gasteiger partial charge on any atom is -0.391 e. The molecule has 0 saturated carbocycles. The minimum absolute atomic E-state index is 0.0746. The van der Waals surface area contributed by atoms with Crippen LogP contribution in [0.25, 0.3) is 0 Å². The molecular weight excluding hydrogens is 296 g/mol. The summed E-state index contributed by atoms with van der Waals surface area (Å²) in [6, 6.07) is 18.4. The molecule has 3 heteroatoms. The number of anilines is 1. The van der Waals surface area contributed by atoms with Gasteiger partial charge in [0, 0.05) is 36.0 Å². The molecule has 0 aromatic heterocycles. The molecule has 0 radical (unpaired) electrons. The van der Waals surface area contributed by atoms with E-state index in [0.717, 1.165) is 11.3 Å². The predicted octanol–water partition coefficient (Wildman–Crippen LogP) is 4.21. The maximum Gasteiger partial charge on any atom is 0.0760 e. The fraction of sp³-hybridized carbons (Fsp3) is 0.286. The molecule has 2 aromatic carbocycles. The first-order valence-corrected chi connectivity index (χ1v) is 8.45. The average Bonchev–Trinajstić information content (AvgIpc) is 2.82. The molecule has 2 heterocycles. The number of aliphatic hydroxyl groups is 1. The first-order chi connectivity index (χ1) is 11.6. The van der Waals surface area contributed by atoms with E-state index in [1.54, 1.807) is 0 Å². The van der Waals surface area contributed by atoms with Crippen LogP contribution in [0.5, 0.6) is 0 Å². The van der Waals surface area contributed by atoms with Crippen LogP contribution in [0, 0.1) is 0 Å². The quantitative estimate of drug-likeness (QED) is 0.842. The molecular formula is C21H22N2O. The zero-order chi connectivity index (χ0) is 16.7. The van der Waals surface area contributed by atoms with E-state index in [4.69, 9.17) is 0 Å². The van der Waals surface area contributed by atoms with E-state index in [2.05, 4.69) is 48.0 Å². The van der Waals surface area contributed by atoms with Crippen LogP contribution in [0.4, 0.5) is 11.4 Å². The van der Waals surface area contributed by atoms with Crippen molar-refractivity contribution in [3.05, 3.63) is 71.4 Å². The van der Waals surface area contributed by atoms with Crippen molar-refractivity contribution in [1.82, 2.24) is 0 Å². The Labute approximate surface area is 143 Å². The number of nitrogens with zero attached hydrogens (tertiary/aromatic N) is 2. The summed E-state index contributed by atoms with van der Waals surface area (Å²) < 4.78 is 0. The summed E-state index contributed by atoms with van der Waals surface area (Å²) in [6.07, 6.45) is 2.22. The lowest BCUT2D eigenvalue weighted by molar-refractivity contribution is 0.177. The Morgan fingerprint density at radius 3 is 2.58 bits per heavy atom.